The molecular formula is C24H27N5O3. The van der Waals surface area contributed by atoms with E-state index in [4.69, 9.17) is 0 Å². The van der Waals surface area contributed by atoms with Crippen molar-refractivity contribution in [3.8, 4) is 0 Å². The lowest BCUT2D eigenvalue weighted by molar-refractivity contribution is 0.0530. The SMILES string of the molecule is CCCCn1c(=O)c(C(=O)N2CCN(C(=O)c3ccccc3C)CC2)nc2cccnc21. The molecule has 0 aliphatic carbocycles. The Morgan fingerprint density at radius 1 is 0.969 bits per heavy atom. The van der Waals surface area contributed by atoms with Gasteiger partial charge < -0.3 is 9.80 Å². The molecule has 3 aromatic rings. The topological polar surface area (TPSA) is 88.4 Å². The van der Waals surface area contributed by atoms with Gasteiger partial charge in [0.1, 0.15) is 5.52 Å². The fourth-order valence-electron chi connectivity index (χ4n) is 3.98. The van der Waals surface area contributed by atoms with Crippen LogP contribution in [0.2, 0.25) is 0 Å². The standard InChI is InChI=1S/C24H27N5O3/c1-3-4-12-29-21-19(10-7-11-25-21)26-20(24(29)32)23(31)28-15-13-27(14-16-28)22(30)18-9-6-5-8-17(18)2/h5-11H,3-4,12-16H2,1-2H3. The minimum atomic E-state index is -0.409. The van der Waals surface area contributed by atoms with Crippen molar-refractivity contribution in [1.29, 1.82) is 0 Å². The van der Waals surface area contributed by atoms with E-state index in [1.54, 1.807) is 32.7 Å². The van der Waals surface area contributed by atoms with Crippen molar-refractivity contribution in [3.63, 3.8) is 0 Å². The molecule has 1 aromatic carbocycles. The van der Waals surface area contributed by atoms with Crippen LogP contribution in [0.25, 0.3) is 11.2 Å². The molecule has 0 radical (unpaired) electrons. The summed E-state index contributed by atoms with van der Waals surface area (Å²) >= 11 is 0. The number of benzene rings is 1. The number of aryl methyl sites for hydroxylation is 2. The van der Waals surface area contributed by atoms with Gasteiger partial charge in [-0.25, -0.2) is 9.97 Å². The van der Waals surface area contributed by atoms with Crippen molar-refractivity contribution in [2.75, 3.05) is 26.2 Å². The van der Waals surface area contributed by atoms with Crippen LogP contribution in [-0.2, 0) is 6.54 Å². The average Bonchev–Trinajstić information content (AvgIpc) is 2.83. The van der Waals surface area contributed by atoms with Crippen LogP contribution < -0.4 is 5.56 Å². The molecule has 1 aliphatic rings. The van der Waals surface area contributed by atoms with Crippen molar-refractivity contribution in [3.05, 3.63) is 69.8 Å². The molecule has 8 nitrogen and oxygen atoms in total. The Kier molecular flexibility index (Phi) is 6.30. The molecule has 32 heavy (non-hydrogen) atoms. The summed E-state index contributed by atoms with van der Waals surface area (Å²) in [5.74, 6) is -0.430. The summed E-state index contributed by atoms with van der Waals surface area (Å²) in [7, 11) is 0. The van der Waals surface area contributed by atoms with Gasteiger partial charge >= 0.3 is 0 Å². The van der Waals surface area contributed by atoms with Crippen LogP contribution in [0.15, 0.2) is 47.4 Å². The minimum absolute atomic E-state index is 0.0352. The number of piperazine rings is 1. The molecule has 0 unspecified atom stereocenters. The smallest absolute Gasteiger partial charge is 0.283 e. The first-order valence-electron chi connectivity index (χ1n) is 11.0. The minimum Gasteiger partial charge on any atom is -0.335 e. The Morgan fingerprint density at radius 2 is 1.66 bits per heavy atom. The molecule has 1 fully saturated rings. The number of unbranched alkanes of at least 4 members (excludes halogenated alkanes) is 1. The Balaban J connectivity index is 1.54. The predicted molar refractivity (Wildman–Crippen MR) is 122 cm³/mol. The largest absolute Gasteiger partial charge is 0.335 e. The van der Waals surface area contributed by atoms with E-state index in [0.29, 0.717) is 49.5 Å². The molecule has 0 spiro atoms. The van der Waals surface area contributed by atoms with Gasteiger partial charge in [0.15, 0.2) is 11.3 Å². The summed E-state index contributed by atoms with van der Waals surface area (Å²) in [6.45, 7) is 6.00. The number of hydrogen-bond donors (Lipinski definition) is 0. The van der Waals surface area contributed by atoms with Crippen molar-refractivity contribution in [2.24, 2.45) is 0 Å². The first-order valence-corrected chi connectivity index (χ1v) is 11.0. The number of fused-ring (bicyclic) bond motifs is 1. The first kappa shape index (κ1) is 21.7. The maximum atomic E-state index is 13.2. The van der Waals surface area contributed by atoms with Crippen molar-refractivity contribution in [2.45, 2.75) is 33.2 Å². The quantitative estimate of drug-likeness (QED) is 0.617. The van der Waals surface area contributed by atoms with Gasteiger partial charge in [-0.1, -0.05) is 31.5 Å². The highest BCUT2D eigenvalue weighted by Crippen LogP contribution is 2.15. The van der Waals surface area contributed by atoms with Crippen molar-refractivity contribution < 1.29 is 9.59 Å². The first-order chi connectivity index (χ1) is 15.5. The zero-order valence-corrected chi connectivity index (χ0v) is 18.5. The van der Waals surface area contributed by atoms with Crippen molar-refractivity contribution >= 4 is 23.0 Å². The average molecular weight is 434 g/mol. The molecule has 0 bridgehead atoms. The maximum Gasteiger partial charge on any atom is 0.283 e. The second-order valence-electron chi connectivity index (χ2n) is 8.02. The Morgan fingerprint density at radius 3 is 2.34 bits per heavy atom. The monoisotopic (exact) mass is 433 g/mol. The molecule has 2 amide bonds. The van der Waals surface area contributed by atoms with Gasteiger partial charge in [0.25, 0.3) is 17.4 Å². The Labute approximate surface area is 186 Å². The maximum absolute atomic E-state index is 13.2. The molecule has 0 atom stereocenters. The Hall–Kier alpha value is -3.55. The van der Waals surface area contributed by atoms with Crippen LogP contribution >= 0.6 is 0 Å². The number of hydrogen-bond acceptors (Lipinski definition) is 5. The van der Waals surface area contributed by atoms with Gasteiger partial charge in [-0.15, -0.1) is 0 Å². The molecule has 4 rings (SSSR count). The van der Waals surface area contributed by atoms with Gasteiger partial charge in [-0.3, -0.25) is 19.0 Å². The lowest BCUT2D eigenvalue weighted by atomic mass is 10.1. The summed E-state index contributed by atoms with van der Waals surface area (Å²) in [5, 5.41) is 0. The van der Waals surface area contributed by atoms with Gasteiger partial charge in [-0.05, 0) is 37.1 Å². The van der Waals surface area contributed by atoms with Crippen LogP contribution in [0.4, 0.5) is 0 Å². The second-order valence-corrected chi connectivity index (χ2v) is 8.02. The van der Waals surface area contributed by atoms with Crippen LogP contribution in [0.1, 0.15) is 46.2 Å². The van der Waals surface area contributed by atoms with Gasteiger partial charge in [-0.2, -0.15) is 0 Å². The van der Waals surface area contributed by atoms with Crippen LogP contribution in [0.5, 0.6) is 0 Å². The van der Waals surface area contributed by atoms with E-state index in [9.17, 15) is 14.4 Å². The summed E-state index contributed by atoms with van der Waals surface area (Å²) < 4.78 is 1.55. The zero-order chi connectivity index (χ0) is 22.7. The fraction of sp³-hybridized carbons (Fsp3) is 0.375. The van der Waals surface area contributed by atoms with E-state index < -0.39 is 11.5 Å². The number of aromatic nitrogens is 3. The highest BCUT2D eigenvalue weighted by atomic mass is 16.2. The molecule has 3 heterocycles. The predicted octanol–water partition coefficient (Wildman–Crippen LogP) is 2.50. The van der Waals surface area contributed by atoms with Gasteiger partial charge in [0, 0.05) is 44.5 Å². The van der Waals surface area contributed by atoms with Crippen LogP contribution in [0, 0.1) is 6.92 Å². The lowest BCUT2D eigenvalue weighted by Crippen LogP contribution is -2.51. The summed E-state index contributed by atoms with van der Waals surface area (Å²) in [5.41, 5.74) is 2.14. The Bertz CT molecular complexity index is 1210. The highest BCUT2D eigenvalue weighted by Gasteiger charge is 2.29. The van der Waals surface area contributed by atoms with E-state index in [1.807, 2.05) is 38.1 Å². The third-order valence-corrected chi connectivity index (χ3v) is 5.87. The summed E-state index contributed by atoms with van der Waals surface area (Å²) in [4.78, 5) is 51.2. The zero-order valence-electron chi connectivity index (χ0n) is 18.5. The highest BCUT2D eigenvalue weighted by molar-refractivity contribution is 5.96. The number of carbonyl (C=O) groups is 2. The fourth-order valence-corrected chi connectivity index (χ4v) is 3.98. The summed E-state index contributed by atoms with van der Waals surface area (Å²) in [6, 6.07) is 11.0. The van der Waals surface area contributed by atoms with E-state index in [1.165, 1.54) is 0 Å². The van der Waals surface area contributed by atoms with Crippen LogP contribution in [-0.4, -0.2) is 62.3 Å². The molecule has 166 valence electrons. The number of amides is 2. The number of nitrogens with zero attached hydrogens (tertiary/aromatic N) is 5. The normalized spacial score (nSPS) is 14.1. The second kappa shape index (κ2) is 9.30. The number of carbonyl (C=O) groups excluding carboxylic acids is 2. The summed E-state index contributed by atoms with van der Waals surface area (Å²) in [6.07, 6.45) is 3.35. The van der Waals surface area contributed by atoms with E-state index in [0.717, 1.165) is 18.4 Å². The molecule has 8 heteroatoms. The van der Waals surface area contributed by atoms with E-state index >= 15 is 0 Å². The van der Waals surface area contributed by atoms with E-state index in [-0.39, 0.29) is 11.6 Å². The number of pyridine rings is 1. The molecule has 0 N–H and O–H groups in total. The van der Waals surface area contributed by atoms with Gasteiger partial charge in [0.05, 0.1) is 0 Å². The third kappa shape index (κ3) is 4.12. The molecule has 0 saturated carbocycles. The molecule has 1 saturated heterocycles. The molecule has 1 aliphatic heterocycles. The van der Waals surface area contributed by atoms with Crippen molar-refractivity contribution in [1.82, 2.24) is 24.3 Å². The molecular weight excluding hydrogens is 406 g/mol. The van der Waals surface area contributed by atoms with E-state index in [2.05, 4.69) is 9.97 Å². The van der Waals surface area contributed by atoms with Crippen LogP contribution in [0.3, 0.4) is 0 Å². The lowest BCUT2D eigenvalue weighted by Gasteiger charge is -2.34. The third-order valence-electron chi connectivity index (χ3n) is 5.87. The molecule has 2 aromatic heterocycles. The van der Waals surface area contributed by atoms with Gasteiger partial charge in [0.2, 0.25) is 0 Å². The number of rotatable bonds is 5.